The van der Waals surface area contributed by atoms with Crippen LogP contribution in [0, 0.1) is 0 Å². The second kappa shape index (κ2) is 7.63. The first-order valence-corrected chi connectivity index (χ1v) is 8.17. The number of nitrogens with zero attached hydrogens (tertiary/aromatic N) is 2. The van der Waals surface area contributed by atoms with Gasteiger partial charge in [0.2, 0.25) is 0 Å². The largest absolute Gasteiger partial charge is 0.393 e. The molecule has 5 N–H and O–H groups in total. The van der Waals surface area contributed by atoms with Crippen molar-refractivity contribution in [1.82, 2.24) is 15.4 Å². The third-order valence-corrected chi connectivity index (χ3v) is 3.85. The van der Waals surface area contributed by atoms with Crippen LogP contribution in [-0.2, 0) is 0 Å². The van der Waals surface area contributed by atoms with Crippen molar-refractivity contribution in [2.45, 2.75) is 0 Å². The van der Waals surface area contributed by atoms with Gasteiger partial charge in [-0.2, -0.15) is 0 Å². The molecule has 3 rings (SSSR count). The van der Waals surface area contributed by atoms with E-state index in [1.165, 1.54) is 6.33 Å². The Morgan fingerprint density at radius 1 is 0.960 bits per heavy atom. The number of nitrogen functional groups attached to an aromatic ring is 1. The van der Waals surface area contributed by atoms with Gasteiger partial charge in [-0.15, -0.1) is 0 Å². The third kappa shape index (κ3) is 4.24. The van der Waals surface area contributed by atoms with Crippen LogP contribution in [0.3, 0.4) is 0 Å². The molecule has 2 aromatic carbocycles. The van der Waals surface area contributed by atoms with Crippen molar-refractivity contribution in [3.8, 4) is 0 Å². The zero-order valence-corrected chi connectivity index (χ0v) is 14.6. The van der Waals surface area contributed by atoms with E-state index in [1.54, 1.807) is 24.3 Å². The van der Waals surface area contributed by atoms with Crippen LogP contribution in [0.1, 0.15) is 10.4 Å². The lowest BCUT2D eigenvalue weighted by molar-refractivity contribution is 0.0962. The minimum atomic E-state index is -0.303. The molecule has 8 heteroatoms. The number of carbonyl (C=O) groups is 1. The summed E-state index contributed by atoms with van der Waals surface area (Å²) in [7, 11) is 0. The van der Waals surface area contributed by atoms with Gasteiger partial charge in [0.05, 0.1) is 0 Å². The van der Waals surface area contributed by atoms with Gasteiger partial charge < -0.3 is 11.1 Å². The summed E-state index contributed by atoms with van der Waals surface area (Å²) in [6, 6.07) is 16.5. The van der Waals surface area contributed by atoms with E-state index >= 15 is 0 Å². The first-order valence-electron chi connectivity index (χ1n) is 7.38. The molecule has 0 saturated heterocycles. The van der Waals surface area contributed by atoms with E-state index in [-0.39, 0.29) is 5.91 Å². The molecule has 0 aliphatic rings. The topological polar surface area (TPSA) is 105 Å². The zero-order valence-electron chi connectivity index (χ0n) is 13.0. The van der Waals surface area contributed by atoms with Crippen molar-refractivity contribution < 1.29 is 4.79 Å². The standard InChI is InChI=1S/C17H15BrN6O/c18-12-8-6-11(7-9-12)17(25)24-23-16-14(19)15(20-10-21-16)22-13-4-2-1-3-5-13/h1-10H,19H2,(H,24,25)(H2,20,21,22,23). The maximum Gasteiger partial charge on any atom is 0.269 e. The fraction of sp³-hybridized carbons (Fsp3) is 0. The predicted octanol–water partition coefficient (Wildman–Crippen LogP) is 3.32. The molecule has 0 radical (unpaired) electrons. The van der Waals surface area contributed by atoms with Crippen molar-refractivity contribution in [2.24, 2.45) is 0 Å². The smallest absolute Gasteiger partial charge is 0.269 e. The Morgan fingerprint density at radius 2 is 1.64 bits per heavy atom. The highest BCUT2D eigenvalue weighted by Gasteiger charge is 2.10. The molecular formula is C17H15BrN6O. The number of aromatic nitrogens is 2. The second-order valence-corrected chi connectivity index (χ2v) is 5.98. The van der Waals surface area contributed by atoms with Crippen LogP contribution in [0.4, 0.5) is 23.0 Å². The number of nitrogens with two attached hydrogens (primary N) is 1. The highest BCUT2D eigenvalue weighted by Crippen LogP contribution is 2.25. The minimum absolute atomic E-state index is 0.294. The number of halogens is 1. The molecule has 1 heterocycles. The average molecular weight is 399 g/mol. The van der Waals surface area contributed by atoms with Crippen LogP contribution >= 0.6 is 15.9 Å². The lowest BCUT2D eigenvalue weighted by atomic mass is 10.2. The molecule has 0 aliphatic carbocycles. The summed E-state index contributed by atoms with van der Waals surface area (Å²) < 4.78 is 0.897. The molecule has 0 spiro atoms. The maximum atomic E-state index is 12.1. The van der Waals surface area contributed by atoms with E-state index in [0.29, 0.717) is 22.9 Å². The highest BCUT2D eigenvalue weighted by atomic mass is 79.9. The summed E-state index contributed by atoms with van der Waals surface area (Å²) in [6.45, 7) is 0. The van der Waals surface area contributed by atoms with E-state index in [0.717, 1.165) is 10.2 Å². The molecule has 0 unspecified atom stereocenters. The predicted molar refractivity (Wildman–Crippen MR) is 101 cm³/mol. The van der Waals surface area contributed by atoms with Gasteiger partial charge in [0, 0.05) is 15.7 Å². The van der Waals surface area contributed by atoms with Crippen LogP contribution in [0.25, 0.3) is 0 Å². The first kappa shape index (κ1) is 16.7. The van der Waals surface area contributed by atoms with E-state index in [4.69, 9.17) is 5.73 Å². The molecule has 3 aromatic rings. The lowest BCUT2D eigenvalue weighted by Crippen LogP contribution is -2.30. The molecular weight excluding hydrogens is 384 g/mol. The van der Waals surface area contributed by atoms with Crippen LogP contribution in [0.2, 0.25) is 0 Å². The Bertz CT molecular complexity index is 870. The number of hydrogen-bond donors (Lipinski definition) is 4. The normalized spacial score (nSPS) is 10.1. The molecule has 126 valence electrons. The summed E-state index contributed by atoms with van der Waals surface area (Å²) in [5.41, 5.74) is 13.0. The zero-order chi connectivity index (χ0) is 17.6. The van der Waals surface area contributed by atoms with Crippen LogP contribution in [0.15, 0.2) is 65.4 Å². The molecule has 25 heavy (non-hydrogen) atoms. The number of hydrogen-bond acceptors (Lipinski definition) is 6. The number of nitrogens with one attached hydrogen (secondary N) is 3. The first-order chi connectivity index (χ1) is 12.1. The van der Waals surface area contributed by atoms with Crippen molar-refractivity contribution in [1.29, 1.82) is 0 Å². The van der Waals surface area contributed by atoms with Gasteiger partial charge in [-0.25, -0.2) is 9.97 Å². The van der Waals surface area contributed by atoms with Gasteiger partial charge in [0.1, 0.15) is 12.0 Å². The number of hydrazine groups is 1. The van der Waals surface area contributed by atoms with Crippen LogP contribution in [0.5, 0.6) is 0 Å². The molecule has 1 aromatic heterocycles. The number of rotatable bonds is 5. The highest BCUT2D eigenvalue weighted by molar-refractivity contribution is 9.10. The average Bonchev–Trinajstić information content (AvgIpc) is 2.63. The van der Waals surface area contributed by atoms with Crippen LogP contribution in [-0.4, -0.2) is 15.9 Å². The lowest BCUT2D eigenvalue weighted by Gasteiger charge is -2.13. The SMILES string of the molecule is Nc1c(NNC(=O)c2ccc(Br)cc2)ncnc1Nc1ccccc1. The molecule has 7 nitrogen and oxygen atoms in total. The molecule has 0 bridgehead atoms. The number of amides is 1. The molecule has 1 amide bonds. The van der Waals surface area contributed by atoms with Crippen molar-refractivity contribution >= 4 is 44.8 Å². The molecule has 0 fully saturated rings. The molecule has 0 aliphatic heterocycles. The Morgan fingerprint density at radius 3 is 2.36 bits per heavy atom. The molecule has 0 saturated carbocycles. The van der Waals surface area contributed by atoms with Gasteiger partial charge in [-0.05, 0) is 36.4 Å². The number of carbonyl (C=O) groups excluding carboxylic acids is 1. The summed E-state index contributed by atoms with van der Waals surface area (Å²) in [5, 5.41) is 3.10. The fourth-order valence-electron chi connectivity index (χ4n) is 2.04. The number of benzene rings is 2. The summed E-state index contributed by atoms with van der Waals surface area (Å²) in [6.07, 6.45) is 1.36. The van der Waals surface area contributed by atoms with Crippen molar-refractivity contribution in [3.05, 3.63) is 71.0 Å². The van der Waals surface area contributed by atoms with Crippen molar-refractivity contribution in [3.63, 3.8) is 0 Å². The van der Waals surface area contributed by atoms with E-state index in [2.05, 4.69) is 42.1 Å². The van der Waals surface area contributed by atoms with E-state index in [1.807, 2.05) is 30.3 Å². The Balaban J connectivity index is 1.69. The number of anilines is 4. The minimum Gasteiger partial charge on any atom is -0.393 e. The summed E-state index contributed by atoms with van der Waals surface area (Å²) in [4.78, 5) is 20.3. The van der Waals surface area contributed by atoms with Gasteiger partial charge in [-0.3, -0.25) is 15.6 Å². The van der Waals surface area contributed by atoms with Gasteiger partial charge in [-0.1, -0.05) is 34.1 Å². The Labute approximate surface area is 152 Å². The fourth-order valence-corrected chi connectivity index (χ4v) is 2.31. The maximum absolute atomic E-state index is 12.1. The van der Waals surface area contributed by atoms with Gasteiger partial charge in [0.15, 0.2) is 11.6 Å². The van der Waals surface area contributed by atoms with E-state index < -0.39 is 0 Å². The quantitative estimate of drug-likeness (QED) is 0.491. The third-order valence-electron chi connectivity index (χ3n) is 3.32. The van der Waals surface area contributed by atoms with Crippen LogP contribution < -0.4 is 21.9 Å². The number of para-hydroxylation sites is 1. The van der Waals surface area contributed by atoms with Gasteiger partial charge >= 0.3 is 0 Å². The molecule has 0 atom stereocenters. The van der Waals surface area contributed by atoms with Gasteiger partial charge in [0.25, 0.3) is 5.91 Å². The Kier molecular flexibility index (Phi) is 5.10. The van der Waals surface area contributed by atoms with E-state index in [9.17, 15) is 4.79 Å². The summed E-state index contributed by atoms with van der Waals surface area (Å²) >= 11 is 3.33. The second-order valence-electron chi connectivity index (χ2n) is 5.06. The monoisotopic (exact) mass is 398 g/mol. The van der Waals surface area contributed by atoms with Crippen molar-refractivity contribution in [2.75, 3.05) is 16.5 Å². The Hall–Kier alpha value is -3.13. The summed E-state index contributed by atoms with van der Waals surface area (Å²) in [5.74, 6) is 0.448.